The molecule has 1 unspecified atom stereocenters. The van der Waals surface area contributed by atoms with E-state index in [-0.39, 0.29) is 11.9 Å². The maximum Gasteiger partial charge on any atom is 0.137 e. The highest BCUT2D eigenvalue weighted by atomic mass is 79.9. The van der Waals surface area contributed by atoms with E-state index in [4.69, 9.17) is 0 Å². The fourth-order valence-corrected chi connectivity index (χ4v) is 3.37. The fraction of sp³-hybridized carbons (Fsp3) is 0.429. The van der Waals surface area contributed by atoms with Gasteiger partial charge in [0, 0.05) is 6.04 Å². The molecule has 1 aromatic heterocycles. The van der Waals surface area contributed by atoms with Crippen molar-refractivity contribution < 1.29 is 4.39 Å². The molecule has 1 N–H and O–H groups in total. The lowest BCUT2D eigenvalue weighted by Crippen LogP contribution is -2.23. The van der Waals surface area contributed by atoms with Crippen LogP contribution < -0.4 is 5.32 Å². The first-order chi connectivity index (χ1) is 9.65. The van der Waals surface area contributed by atoms with Gasteiger partial charge in [0.1, 0.15) is 5.82 Å². The van der Waals surface area contributed by atoms with Crippen LogP contribution in [0.15, 0.2) is 22.7 Å². The number of aryl methyl sites for hydroxylation is 1. The van der Waals surface area contributed by atoms with Gasteiger partial charge < -0.3 is 5.32 Å². The predicted molar refractivity (Wildman–Crippen MR) is 83.5 cm³/mol. The Bertz CT molecular complexity index is 573. The molecule has 0 saturated heterocycles. The van der Waals surface area contributed by atoms with Gasteiger partial charge in [-0.3, -0.25) is 0 Å². The van der Waals surface area contributed by atoms with E-state index in [9.17, 15) is 4.39 Å². The van der Waals surface area contributed by atoms with E-state index in [0.29, 0.717) is 4.47 Å². The summed E-state index contributed by atoms with van der Waals surface area (Å²) in [4.78, 5) is 1.18. The first-order valence-electron chi connectivity index (χ1n) is 6.64. The number of benzene rings is 1. The molecule has 6 heteroatoms. The van der Waals surface area contributed by atoms with E-state index in [1.807, 2.05) is 12.1 Å². The number of likely N-dealkylation sites (N-methyl/N-ethyl adjacent to an activating group) is 1. The zero-order chi connectivity index (χ0) is 14.5. The van der Waals surface area contributed by atoms with Crippen molar-refractivity contribution in [2.45, 2.75) is 32.7 Å². The highest BCUT2D eigenvalue weighted by molar-refractivity contribution is 9.10. The molecule has 0 spiro atoms. The lowest BCUT2D eigenvalue weighted by molar-refractivity contribution is 0.551. The summed E-state index contributed by atoms with van der Waals surface area (Å²) in [6.07, 6.45) is 1.67. The third-order valence-corrected chi connectivity index (χ3v) is 4.60. The Labute approximate surface area is 130 Å². The summed E-state index contributed by atoms with van der Waals surface area (Å²) in [5, 5.41) is 7.63. The van der Waals surface area contributed by atoms with E-state index >= 15 is 0 Å². The monoisotopic (exact) mass is 357 g/mol. The minimum atomic E-state index is -0.234. The van der Waals surface area contributed by atoms with E-state index < -0.39 is 0 Å². The topological polar surface area (TPSA) is 37.8 Å². The average molecular weight is 358 g/mol. The molecule has 0 bridgehead atoms. The van der Waals surface area contributed by atoms with Crippen LogP contribution in [0.1, 0.15) is 36.0 Å². The third-order valence-electron chi connectivity index (χ3n) is 3.11. The smallest absolute Gasteiger partial charge is 0.137 e. The van der Waals surface area contributed by atoms with Gasteiger partial charge in [0.25, 0.3) is 0 Å². The molecule has 0 saturated carbocycles. The van der Waals surface area contributed by atoms with Crippen LogP contribution in [0, 0.1) is 5.82 Å². The number of hydrogen-bond donors (Lipinski definition) is 1. The van der Waals surface area contributed by atoms with Crippen molar-refractivity contribution in [2.24, 2.45) is 0 Å². The van der Waals surface area contributed by atoms with Crippen molar-refractivity contribution in [1.29, 1.82) is 0 Å². The second-order valence-electron chi connectivity index (χ2n) is 4.50. The zero-order valence-electron chi connectivity index (χ0n) is 11.5. The number of nitrogens with one attached hydrogen (secondary N) is 1. The lowest BCUT2D eigenvalue weighted by atomic mass is 10.0. The molecule has 2 aromatic rings. The summed E-state index contributed by atoms with van der Waals surface area (Å²) >= 11 is 4.67. The molecular weight excluding hydrogens is 341 g/mol. The Morgan fingerprint density at radius 1 is 1.40 bits per heavy atom. The summed E-state index contributed by atoms with van der Waals surface area (Å²) in [5.41, 5.74) is 2.13. The van der Waals surface area contributed by atoms with Crippen LogP contribution in [0.4, 0.5) is 4.39 Å². The molecule has 1 aromatic carbocycles. The minimum absolute atomic E-state index is 0.173. The van der Waals surface area contributed by atoms with Crippen molar-refractivity contribution in [3.05, 3.63) is 44.6 Å². The van der Waals surface area contributed by atoms with Crippen molar-refractivity contribution in [1.82, 2.24) is 14.9 Å². The van der Waals surface area contributed by atoms with Crippen LogP contribution >= 0.6 is 27.5 Å². The van der Waals surface area contributed by atoms with Gasteiger partial charge >= 0.3 is 0 Å². The first-order valence-corrected chi connectivity index (χ1v) is 8.20. The largest absolute Gasteiger partial charge is 0.309 e. The Kier molecular flexibility index (Phi) is 5.63. The average Bonchev–Trinajstić information content (AvgIpc) is 2.90. The molecule has 0 aliphatic heterocycles. The molecule has 1 heterocycles. The number of aromatic nitrogens is 2. The number of rotatable bonds is 6. The number of nitrogens with zero attached hydrogens (tertiary/aromatic N) is 2. The number of halogens is 2. The molecule has 3 nitrogen and oxygen atoms in total. The molecule has 0 fully saturated rings. The van der Waals surface area contributed by atoms with Crippen LogP contribution in [0.5, 0.6) is 0 Å². The fourth-order valence-electron chi connectivity index (χ4n) is 2.13. The second-order valence-corrected chi connectivity index (χ2v) is 6.14. The van der Waals surface area contributed by atoms with E-state index in [1.54, 1.807) is 0 Å². The molecule has 0 aliphatic rings. The molecule has 20 heavy (non-hydrogen) atoms. The molecule has 0 radical (unpaired) electrons. The van der Waals surface area contributed by atoms with Crippen molar-refractivity contribution in [2.75, 3.05) is 6.54 Å². The minimum Gasteiger partial charge on any atom is -0.309 e. The van der Waals surface area contributed by atoms with Crippen LogP contribution in [-0.2, 0) is 12.8 Å². The third kappa shape index (κ3) is 3.62. The van der Waals surface area contributed by atoms with E-state index in [0.717, 1.165) is 30.6 Å². The standard InChI is InChI=1S/C14H17BrFN3S/c1-3-12-14(20-19-18-12)13(17-4-2)8-9-5-6-11(16)10(15)7-9/h5-7,13,17H,3-4,8H2,1-2H3. The van der Waals surface area contributed by atoms with Gasteiger partial charge in [0.05, 0.1) is 15.0 Å². The van der Waals surface area contributed by atoms with Gasteiger partial charge in [-0.05, 0) is 64.5 Å². The second kappa shape index (κ2) is 7.24. The summed E-state index contributed by atoms with van der Waals surface area (Å²) in [5.74, 6) is -0.234. The summed E-state index contributed by atoms with van der Waals surface area (Å²) in [6, 6.07) is 5.32. The van der Waals surface area contributed by atoms with Gasteiger partial charge in [-0.15, -0.1) is 5.10 Å². The van der Waals surface area contributed by atoms with Crippen LogP contribution in [0.3, 0.4) is 0 Å². The molecule has 0 aliphatic carbocycles. The first kappa shape index (κ1) is 15.5. The summed E-state index contributed by atoms with van der Waals surface area (Å²) < 4.78 is 17.9. The normalized spacial score (nSPS) is 12.6. The predicted octanol–water partition coefficient (Wildman–Crippen LogP) is 3.90. The molecule has 0 amide bonds. The Hall–Kier alpha value is -0.850. The van der Waals surface area contributed by atoms with Crippen LogP contribution in [0.25, 0.3) is 0 Å². The number of hydrogen-bond acceptors (Lipinski definition) is 4. The van der Waals surface area contributed by atoms with Gasteiger partial charge in [-0.1, -0.05) is 24.4 Å². The van der Waals surface area contributed by atoms with Gasteiger partial charge in [-0.25, -0.2) is 4.39 Å². The highest BCUT2D eigenvalue weighted by Gasteiger charge is 2.18. The molecule has 108 valence electrons. The maximum absolute atomic E-state index is 13.3. The zero-order valence-corrected chi connectivity index (χ0v) is 13.9. The van der Waals surface area contributed by atoms with Gasteiger partial charge in [-0.2, -0.15) is 0 Å². The Morgan fingerprint density at radius 2 is 2.20 bits per heavy atom. The Balaban J connectivity index is 2.23. The summed E-state index contributed by atoms with van der Waals surface area (Å²) in [6.45, 7) is 5.03. The summed E-state index contributed by atoms with van der Waals surface area (Å²) in [7, 11) is 0. The highest BCUT2D eigenvalue weighted by Crippen LogP contribution is 2.26. The van der Waals surface area contributed by atoms with Gasteiger partial charge in [0.2, 0.25) is 0 Å². The van der Waals surface area contributed by atoms with Crippen molar-refractivity contribution in [3.63, 3.8) is 0 Å². The van der Waals surface area contributed by atoms with E-state index in [1.165, 1.54) is 22.5 Å². The molecular formula is C14H17BrFN3S. The van der Waals surface area contributed by atoms with Gasteiger partial charge in [0.15, 0.2) is 0 Å². The Morgan fingerprint density at radius 3 is 2.85 bits per heavy atom. The van der Waals surface area contributed by atoms with E-state index in [2.05, 4.69) is 44.7 Å². The lowest BCUT2D eigenvalue weighted by Gasteiger charge is -2.17. The van der Waals surface area contributed by atoms with Crippen LogP contribution in [-0.4, -0.2) is 16.1 Å². The maximum atomic E-state index is 13.3. The van der Waals surface area contributed by atoms with Crippen molar-refractivity contribution >= 4 is 27.5 Å². The SMILES string of the molecule is CCNC(Cc1ccc(F)c(Br)c1)c1snnc1CC. The van der Waals surface area contributed by atoms with Crippen LogP contribution in [0.2, 0.25) is 0 Å². The molecule has 2 rings (SSSR count). The molecule has 1 atom stereocenters. The van der Waals surface area contributed by atoms with Crippen molar-refractivity contribution in [3.8, 4) is 0 Å². The quantitative estimate of drug-likeness (QED) is 0.851.